The van der Waals surface area contributed by atoms with E-state index in [0.717, 1.165) is 29.4 Å². The predicted octanol–water partition coefficient (Wildman–Crippen LogP) is 3.57. The number of pyridine rings is 2. The Morgan fingerprint density at radius 2 is 1.86 bits per heavy atom. The molecule has 3 nitrogen and oxygen atoms in total. The summed E-state index contributed by atoms with van der Waals surface area (Å²) in [6.45, 7) is 2.01. The number of hydrogen-bond donors (Lipinski definition) is 1. The van der Waals surface area contributed by atoms with Crippen LogP contribution in [0, 0.1) is 6.92 Å². The van der Waals surface area contributed by atoms with E-state index >= 15 is 0 Å². The van der Waals surface area contributed by atoms with Gasteiger partial charge in [0.1, 0.15) is 0 Å². The molecule has 2 heterocycles. The van der Waals surface area contributed by atoms with Gasteiger partial charge in [0.25, 0.3) is 0 Å². The van der Waals surface area contributed by atoms with Crippen LogP contribution in [0.3, 0.4) is 0 Å². The molecule has 1 unspecified atom stereocenters. The Labute approximate surface area is 124 Å². The zero-order valence-corrected chi connectivity index (χ0v) is 12.2. The van der Waals surface area contributed by atoms with Gasteiger partial charge in [-0.1, -0.05) is 12.1 Å². The molecule has 2 N–H and O–H groups in total. The van der Waals surface area contributed by atoms with Gasteiger partial charge in [-0.25, -0.2) is 0 Å². The smallest absolute Gasteiger partial charge is 0.0705 e. The van der Waals surface area contributed by atoms with Crippen molar-refractivity contribution in [1.29, 1.82) is 0 Å². The van der Waals surface area contributed by atoms with Crippen LogP contribution in [0.1, 0.15) is 29.3 Å². The fourth-order valence-corrected chi connectivity index (χ4v) is 2.51. The monoisotopic (exact) mass is 277 g/mol. The minimum Gasteiger partial charge on any atom is -0.324 e. The van der Waals surface area contributed by atoms with Gasteiger partial charge in [0.2, 0.25) is 0 Å². The number of fused-ring (bicyclic) bond motifs is 1. The summed E-state index contributed by atoms with van der Waals surface area (Å²) in [6.07, 6.45) is 5.54. The lowest BCUT2D eigenvalue weighted by Gasteiger charge is -2.13. The second-order valence-corrected chi connectivity index (χ2v) is 5.41. The summed E-state index contributed by atoms with van der Waals surface area (Å²) in [5, 5.41) is 1.15. The minimum absolute atomic E-state index is 0.0452. The van der Waals surface area contributed by atoms with Gasteiger partial charge in [0, 0.05) is 29.5 Å². The molecular weight excluding hydrogens is 258 g/mol. The lowest BCUT2D eigenvalue weighted by Crippen LogP contribution is -2.11. The molecule has 0 bridgehead atoms. The zero-order valence-electron chi connectivity index (χ0n) is 12.2. The number of nitrogens with two attached hydrogens (primary N) is 1. The quantitative estimate of drug-likeness (QED) is 0.793. The van der Waals surface area contributed by atoms with Crippen molar-refractivity contribution in [3.63, 3.8) is 0 Å². The molecule has 0 radical (unpaired) electrons. The molecule has 0 amide bonds. The van der Waals surface area contributed by atoms with Gasteiger partial charge in [-0.05, 0) is 61.2 Å². The van der Waals surface area contributed by atoms with E-state index in [1.807, 2.05) is 37.5 Å². The number of rotatable bonds is 4. The van der Waals surface area contributed by atoms with Crippen molar-refractivity contribution < 1.29 is 0 Å². The van der Waals surface area contributed by atoms with Crippen LogP contribution in [0.5, 0.6) is 0 Å². The molecule has 0 aliphatic carbocycles. The predicted molar refractivity (Wildman–Crippen MR) is 86.0 cm³/mol. The van der Waals surface area contributed by atoms with Crippen LogP contribution in [0.15, 0.2) is 54.9 Å². The van der Waals surface area contributed by atoms with Crippen LogP contribution in [-0.4, -0.2) is 9.97 Å². The van der Waals surface area contributed by atoms with Crippen LogP contribution in [0.4, 0.5) is 0 Å². The Bertz CT molecular complexity index is 738. The van der Waals surface area contributed by atoms with Crippen LogP contribution < -0.4 is 5.73 Å². The van der Waals surface area contributed by atoms with Gasteiger partial charge in [-0.3, -0.25) is 9.97 Å². The maximum absolute atomic E-state index is 6.33. The molecule has 0 aliphatic rings. The molecule has 0 fully saturated rings. The van der Waals surface area contributed by atoms with Crippen molar-refractivity contribution >= 4 is 10.9 Å². The normalized spacial score (nSPS) is 12.5. The van der Waals surface area contributed by atoms with E-state index in [9.17, 15) is 0 Å². The molecular formula is C18H19N3. The average molecular weight is 277 g/mol. The van der Waals surface area contributed by atoms with E-state index in [1.54, 1.807) is 0 Å². The molecule has 2 aromatic heterocycles. The Morgan fingerprint density at radius 1 is 1.05 bits per heavy atom. The fraction of sp³-hybridized carbons (Fsp3) is 0.222. The number of nitrogens with zero attached hydrogens (tertiary/aromatic N) is 2. The van der Waals surface area contributed by atoms with Gasteiger partial charge in [-0.15, -0.1) is 0 Å². The number of aromatic nitrogens is 2. The lowest BCUT2D eigenvalue weighted by atomic mass is 9.99. The van der Waals surface area contributed by atoms with Crippen molar-refractivity contribution in [3.8, 4) is 0 Å². The maximum Gasteiger partial charge on any atom is 0.0705 e. The third-order valence-electron chi connectivity index (χ3n) is 3.77. The van der Waals surface area contributed by atoms with Crippen LogP contribution in [-0.2, 0) is 6.42 Å². The number of aryl methyl sites for hydroxylation is 2. The van der Waals surface area contributed by atoms with E-state index in [4.69, 9.17) is 5.73 Å². The zero-order chi connectivity index (χ0) is 14.7. The molecule has 0 saturated carbocycles. The van der Waals surface area contributed by atoms with E-state index in [-0.39, 0.29) is 6.04 Å². The summed E-state index contributed by atoms with van der Waals surface area (Å²) in [5.41, 5.74) is 10.8. The molecule has 0 aliphatic heterocycles. The van der Waals surface area contributed by atoms with Crippen LogP contribution >= 0.6 is 0 Å². The highest BCUT2D eigenvalue weighted by Gasteiger charge is 2.07. The highest BCUT2D eigenvalue weighted by Crippen LogP contribution is 2.21. The third-order valence-corrected chi connectivity index (χ3v) is 3.77. The largest absolute Gasteiger partial charge is 0.324 e. The van der Waals surface area contributed by atoms with Crippen molar-refractivity contribution in [3.05, 3.63) is 71.7 Å². The van der Waals surface area contributed by atoms with Gasteiger partial charge in [-0.2, -0.15) is 0 Å². The van der Waals surface area contributed by atoms with Crippen molar-refractivity contribution in [1.82, 2.24) is 9.97 Å². The molecule has 3 rings (SSSR count). The molecule has 0 spiro atoms. The summed E-state index contributed by atoms with van der Waals surface area (Å²) < 4.78 is 0. The van der Waals surface area contributed by atoms with Crippen molar-refractivity contribution in [2.24, 2.45) is 5.73 Å². The Balaban J connectivity index is 1.75. The van der Waals surface area contributed by atoms with Crippen molar-refractivity contribution in [2.45, 2.75) is 25.8 Å². The molecule has 0 saturated heterocycles. The Morgan fingerprint density at radius 3 is 2.67 bits per heavy atom. The second kappa shape index (κ2) is 6.02. The van der Waals surface area contributed by atoms with Crippen molar-refractivity contribution in [2.75, 3.05) is 0 Å². The van der Waals surface area contributed by atoms with E-state index < -0.39 is 0 Å². The minimum atomic E-state index is 0.0452. The summed E-state index contributed by atoms with van der Waals surface area (Å²) in [4.78, 5) is 8.56. The summed E-state index contributed by atoms with van der Waals surface area (Å²) >= 11 is 0. The fourth-order valence-electron chi connectivity index (χ4n) is 2.51. The third kappa shape index (κ3) is 3.26. The molecule has 21 heavy (non-hydrogen) atoms. The SMILES string of the molecule is Cc1ccc2cc(C(N)CCc3ccncc3)ccc2n1. The molecule has 3 aromatic rings. The first-order valence-electron chi connectivity index (χ1n) is 7.24. The maximum atomic E-state index is 6.33. The van der Waals surface area contributed by atoms with E-state index in [1.165, 1.54) is 11.1 Å². The first-order chi connectivity index (χ1) is 10.2. The van der Waals surface area contributed by atoms with Crippen LogP contribution in [0.25, 0.3) is 10.9 Å². The van der Waals surface area contributed by atoms with Gasteiger partial charge in [0.15, 0.2) is 0 Å². The Kier molecular flexibility index (Phi) is 3.93. The molecule has 106 valence electrons. The van der Waals surface area contributed by atoms with E-state index in [0.29, 0.717) is 0 Å². The number of benzene rings is 1. The second-order valence-electron chi connectivity index (χ2n) is 5.41. The lowest BCUT2D eigenvalue weighted by molar-refractivity contribution is 0.652. The summed E-state index contributed by atoms with van der Waals surface area (Å²) in [6, 6.07) is 14.6. The van der Waals surface area contributed by atoms with Crippen LogP contribution in [0.2, 0.25) is 0 Å². The molecule has 3 heteroatoms. The van der Waals surface area contributed by atoms with E-state index in [2.05, 4.69) is 34.2 Å². The molecule has 1 atom stereocenters. The average Bonchev–Trinajstić information content (AvgIpc) is 2.53. The highest BCUT2D eigenvalue weighted by molar-refractivity contribution is 5.79. The standard InChI is InChI=1S/C18H19N3/c1-13-2-4-16-12-15(5-7-18(16)21-13)17(19)6-3-14-8-10-20-11-9-14/h2,4-5,7-12,17H,3,6,19H2,1H3. The first-order valence-corrected chi connectivity index (χ1v) is 7.24. The van der Waals surface area contributed by atoms with Gasteiger partial charge < -0.3 is 5.73 Å². The molecule has 1 aromatic carbocycles. The van der Waals surface area contributed by atoms with Gasteiger partial charge in [0.05, 0.1) is 5.52 Å². The summed E-state index contributed by atoms with van der Waals surface area (Å²) in [5.74, 6) is 0. The van der Waals surface area contributed by atoms with Gasteiger partial charge >= 0.3 is 0 Å². The number of hydrogen-bond acceptors (Lipinski definition) is 3. The highest BCUT2D eigenvalue weighted by atomic mass is 14.7. The Hall–Kier alpha value is -2.26. The first kappa shape index (κ1) is 13.7. The topological polar surface area (TPSA) is 51.8 Å². The summed E-state index contributed by atoms with van der Waals surface area (Å²) in [7, 11) is 0.